The lowest BCUT2D eigenvalue weighted by Crippen LogP contribution is -2.39. The summed E-state index contributed by atoms with van der Waals surface area (Å²) in [5, 5.41) is 30.1. The Labute approximate surface area is 222 Å². The fraction of sp³-hybridized carbons (Fsp3) is 0.739. The molecule has 0 aliphatic carbocycles. The molecule has 0 aromatic carbocycles. The van der Waals surface area contributed by atoms with Crippen molar-refractivity contribution in [1.29, 1.82) is 0 Å². The average molecular weight is 557 g/mol. The number of aliphatic hydroxyl groups excluding tert-OH is 2. The molecule has 1 unspecified atom stereocenters. The summed E-state index contributed by atoms with van der Waals surface area (Å²) in [6, 6.07) is 0.195. The molecule has 0 radical (unpaired) electrons. The fourth-order valence-electron chi connectivity index (χ4n) is 4.15. The third kappa shape index (κ3) is 8.46. The monoisotopic (exact) mass is 556 g/mol. The summed E-state index contributed by atoms with van der Waals surface area (Å²) in [6.45, 7) is 5.02. The van der Waals surface area contributed by atoms with Gasteiger partial charge in [-0.2, -0.15) is 9.97 Å². The van der Waals surface area contributed by atoms with Crippen molar-refractivity contribution in [2.24, 2.45) is 0 Å². The molecule has 0 bridgehead atoms. The second kappa shape index (κ2) is 13.5. The van der Waals surface area contributed by atoms with Crippen LogP contribution in [0, 0.1) is 0 Å². The van der Waals surface area contributed by atoms with Crippen molar-refractivity contribution >= 4 is 38.7 Å². The number of rotatable bonds is 15. The minimum atomic E-state index is -2.93. The Bertz CT molecular complexity index is 1170. The van der Waals surface area contributed by atoms with Crippen LogP contribution in [0.2, 0.25) is 0 Å². The van der Waals surface area contributed by atoms with Gasteiger partial charge in [-0.3, -0.25) is 9.36 Å². The highest BCUT2D eigenvalue weighted by atomic mass is 32.2. The summed E-state index contributed by atoms with van der Waals surface area (Å²) in [5.41, 5.74) is 6.76. The summed E-state index contributed by atoms with van der Waals surface area (Å²) < 4.78 is 29.7. The number of amides is 1. The van der Waals surface area contributed by atoms with Gasteiger partial charge in [0, 0.05) is 44.1 Å². The van der Waals surface area contributed by atoms with E-state index in [0.717, 1.165) is 12.8 Å². The first kappa shape index (κ1) is 30.0. The lowest BCUT2D eigenvalue weighted by atomic mass is 10.1. The zero-order chi connectivity index (χ0) is 27.9. The number of aliphatic hydroxyl groups is 2. The Morgan fingerprint density at radius 2 is 1.89 bits per heavy atom. The van der Waals surface area contributed by atoms with E-state index in [1.165, 1.54) is 17.2 Å². The average Bonchev–Trinajstić information content (AvgIpc) is 3.38. The maximum Gasteiger partial charge on any atom is 0.226 e. The largest absolute Gasteiger partial charge is 0.387 e. The molecule has 14 nitrogen and oxygen atoms in total. The standard InChI is InChI=1S/C23H40N8O6S/c1-14(2)27-12-15-18(33)19(34)22(37-15)31-13-28-17-20(24)29-23(30-21(17)31)26-10-9-25-16(32)8-6-4-5-7-11-38(3,35)36/h13-15,18-19,22,27,33-34H,4-12H2,1-3H3,(H,25,32)(H3,24,26,29,30)/t15-,18-,19-,22?/m1/s1. The van der Waals surface area contributed by atoms with Gasteiger partial charge in [-0.25, -0.2) is 13.4 Å². The molecule has 1 aliphatic rings. The first-order chi connectivity index (χ1) is 18.0. The van der Waals surface area contributed by atoms with Gasteiger partial charge in [0.2, 0.25) is 11.9 Å². The number of nitrogens with two attached hydrogens (primary N) is 1. The molecule has 0 spiro atoms. The molecule has 4 atom stereocenters. The van der Waals surface area contributed by atoms with E-state index in [0.29, 0.717) is 50.1 Å². The number of nitrogens with zero attached hydrogens (tertiary/aromatic N) is 4. The van der Waals surface area contributed by atoms with Crippen LogP contribution >= 0.6 is 0 Å². The molecule has 1 saturated heterocycles. The van der Waals surface area contributed by atoms with E-state index >= 15 is 0 Å². The van der Waals surface area contributed by atoms with Gasteiger partial charge in [0.1, 0.15) is 33.7 Å². The maximum atomic E-state index is 12.0. The predicted molar refractivity (Wildman–Crippen MR) is 143 cm³/mol. The number of anilines is 2. The van der Waals surface area contributed by atoms with Crippen molar-refractivity contribution in [1.82, 2.24) is 30.2 Å². The van der Waals surface area contributed by atoms with Gasteiger partial charge in [-0.05, 0) is 12.8 Å². The number of carbonyl (C=O) groups is 1. The van der Waals surface area contributed by atoms with Crippen LogP contribution in [0.4, 0.5) is 11.8 Å². The lowest BCUT2D eigenvalue weighted by molar-refractivity contribution is -0.121. The number of fused-ring (bicyclic) bond motifs is 1. The summed E-state index contributed by atoms with van der Waals surface area (Å²) in [7, 11) is -2.93. The molecule has 2 aromatic heterocycles. The first-order valence-electron chi connectivity index (χ1n) is 12.9. The molecule has 1 amide bonds. The zero-order valence-electron chi connectivity index (χ0n) is 22.1. The van der Waals surface area contributed by atoms with Crippen molar-refractivity contribution in [3.05, 3.63) is 6.33 Å². The van der Waals surface area contributed by atoms with E-state index in [2.05, 4.69) is 30.9 Å². The molecule has 2 aromatic rings. The normalized spacial score (nSPS) is 21.8. The number of nitrogen functional groups attached to an aromatic ring is 1. The Hall–Kier alpha value is -2.59. The highest BCUT2D eigenvalue weighted by Crippen LogP contribution is 2.32. The molecule has 1 fully saturated rings. The molecule has 7 N–H and O–H groups in total. The van der Waals surface area contributed by atoms with Crippen LogP contribution in [-0.2, 0) is 19.4 Å². The molecule has 3 heterocycles. The first-order valence-corrected chi connectivity index (χ1v) is 15.0. The molecule has 38 heavy (non-hydrogen) atoms. The van der Waals surface area contributed by atoms with Crippen molar-refractivity contribution in [3.8, 4) is 0 Å². The maximum absolute atomic E-state index is 12.0. The zero-order valence-corrected chi connectivity index (χ0v) is 22.9. The number of aromatic nitrogens is 4. The van der Waals surface area contributed by atoms with Crippen LogP contribution in [-0.4, -0.2) is 100 Å². The van der Waals surface area contributed by atoms with Crippen LogP contribution in [0.3, 0.4) is 0 Å². The highest BCUT2D eigenvalue weighted by molar-refractivity contribution is 7.90. The number of carbonyl (C=O) groups excluding carboxylic acids is 1. The van der Waals surface area contributed by atoms with Crippen LogP contribution < -0.4 is 21.7 Å². The summed E-state index contributed by atoms with van der Waals surface area (Å²) in [6.07, 6.45) is 2.14. The summed E-state index contributed by atoms with van der Waals surface area (Å²) in [5.74, 6) is 0.456. The Morgan fingerprint density at radius 3 is 2.61 bits per heavy atom. The van der Waals surface area contributed by atoms with Crippen LogP contribution in [0.15, 0.2) is 6.33 Å². The predicted octanol–water partition coefficient (Wildman–Crippen LogP) is -0.451. The van der Waals surface area contributed by atoms with Crippen molar-refractivity contribution in [3.63, 3.8) is 0 Å². The van der Waals surface area contributed by atoms with E-state index in [1.54, 1.807) is 0 Å². The second-order valence-corrected chi connectivity index (χ2v) is 12.2. The quantitative estimate of drug-likeness (QED) is 0.154. The van der Waals surface area contributed by atoms with Crippen molar-refractivity contribution in [2.75, 3.05) is 42.7 Å². The Kier molecular flexibility index (Phi) is 10.6. The van der Waals surface area contributed by atoms with Crippen molar-refractivity contribution < 1.29 is 28.2 Å². The molecule has 1 aliphatic heterocycles. The van der Waals surface area contributed by atoms with E-state index in [9.17, 15) is 23.4 Å². The van der Waals surface area contributed by atoms with Gasteiger partial charge in [0.15, 0.2) is 17.7 Å². The van der Waals surface area contributed by atoms with Crippen molar-refractivity contribution in [2.45, 2.75) is 76.5 Å². The number of imidazole rings is 1. The third-order valence-electron chi connectivity index (χ3n) is 6.19. The van der Waals surface area contributed by atoms with E-state index in [-0.39, 0.29) is 29.5 Å². The van der Waals surface area contributed by atoms with Crippen LogP contribution in [0.5, 0.6) is 0 Å². The van der Waals surface area contributed by atoms with E-state index < -0.39 is 34.4 Å². The number of sulfone groups is 1. The van der Waals surface area contributed by atoms with Crippen LogP contribution in [0.25, 0.3) is 11.2 Å². The second-order valence-electron chi connectivity index (χ2n) is 9.94. The SMILES string of the molecule is CC(C)NC[C@H]1OC(n2cnc3c(N)nc(NCCNC(=O)CCCCCCS(C)(=O)=O)nc32)[C@H](O)[C@@H]1O. The molecule has 3 rings (SSSR count). The highest BCUT2D eigenvalue weighted by Gasteiger charge is 2.44. The third-order valence-corrected chi connectivity index (χ3v) is 7.22. The van der Waals surface area contributed by atoms with Gasteiger partial charge in [0.05, 0.1) is 6.33 Å². The Morgan fingerprint density at radius 1 is 1.16 bits per heavy atom. The summed E-state index contributed by atoms with van der Waals surface area (Å²) >= 11 is 0. The molecule has 0 saturated carbocycles. The van der Waals surface area contributed by atoms with Gasteiger partial charge in [0.25, 0.3) is 0 Å². The molecule has 15 heteroatoms. The summed E-state index contributed by atoms with van der Waals surface area (Å²) in [4.78, 5) is 25.0. The van der Waals surface area contributed by atoms with E-state index in [1.807, 2.05) is 13.8 Å². The van der Waals surface area contributed by atoms with Gasteiger partial charge < -0.3 is 36.6 Å². The van der Waals surface area contributed by atoms with Gasteiger partial charge in [-0.15, -0.1) is 0 Å². The fourth-order valence-corrected chi connectivity index (χ4v) is 4.88. The molecule has 214 valence electrons. The lowest BCUT2D eigenvalue weighted by Gasteiger charge is -2.17. The number of ether oxygens (including phenoxy) is 1. The molecular formula is C23H40N8O6S. The topological polar surface area (TPSA) is 207 Å². The smallest absolute Gasteiger partial charge is 0.226 e. The van der Waals surface area contributed by atoms with Gasteiger partial charge >= 0.3 is 0 Å². The molecular weight excluding hydrogens is 516 g/mol. The van der Waals surface area contributed by atoms with Gasteiger partial charge in [-0.1, -0.05) is 26.7 Å². The number of hydrogen-bond acceptors (Lipinski definition) is 12. The number of unbranched alkanes of at least 4 members (excludes halogenated alkanes) is 3. The minimum absolute atomic E-state index is 0.0867. The number of nitrogens with one attached hydrogen (secondary N) is 3. The van der Waals surface area contributed by atoms with Crippen LogP contribution in [0.1, 0.15) is 52.2 Å². The number of hydrogen-bond donors (Lipinski definition) is 6. The minimum Gasteiger partial charge on any atom is -0.387 e. The Balaban J connectivity index is 1.49. The van der Waals surface area contributed by atoms with E-state index in [4.69, 9.17) is 10.5 Å².